The molecule has 2 aliphatic rings. The van der Waals surface area contributed by atoms with Crippen LogP contribution in [-0.4, -0.2) is 19.0 Å². The van der Waals surface area contributed by atoms with Crippen LogP contribution in [0, 0.1) is 0 Å². The first-order valence-electron chi connectivity index (χ1n) is 7.26. The molecule has 0 amide bonds. The Morgan fingerprint density at radius 2 is 1.86 bits per heavy atom. The second-order valence-electron chi connectivity index (χ2n) is 5.26. The molecule has 2 aromatic carbocycles. The van der Waals surface area contributed by atoms with Gasteiger partial charge in [-0.3, -0.25) is 4.99 Å². The number of hydrogen-bond donors (Lipinski definition) is 2. The molecule has 4 rings (SSSR count). The van der Waals surface area contributed by atoms with E-state index in [9.17, 15) is 0 Å². The molecule has 0 aromatic heterocycles. The van der Waals surface area contributed by atoms with Crippen LogP contribution in [0.3, 0.4) is 0 Å². The zero-order valence-electron chi connectivity index (χ0n) is 11.7. The van der Waals surface area contributed by atoms with Gasteiger partial charge >= 0.3 is 0 Å². The van der Waals surface area contributed by atoms with Crippen LogP contribution in [0.1, 0.15) is 22.7 Å². The van der Waals surface area contributed by atoms with Crippen molar-refractivity contribution in [2.45, 2.75) is 16.7 Å². The summed E-state index contributed by atoms with van der Waals surface area (Å²) in [7, 11) is 0. The molecule has 2 aliphatic heterocycles. The third-order valence-electron chi connectivity index (χ3n) is 3.93. The molecule has 0 saturated carbocycles. The molecule has 0 bridgehead atoms. The summed E-state index contributed by atoms with van der Waals surface area (Å²) in [5, 5.41) is 6.91. The Labute approximate surface area is 128 Å². The highest BCUT2D eigenvalue weighted by molar-refractivity contribution is 7.98. The standard InChI is InChI=1S/C17H17N3S/c1-2-6-13-12(5-1)11-21-15-8-4-3-7-14(15)16(13)20-17-18-9-10-19-17/h1-8,16H,9-11H2,(H2,18,19,20)/t16-/m0/s1. The SMILES string of the molecule is c1ccc2c(c1)CSc1ccccc1[C@H]2NC1=NCCN1. The molecule has 1 atom stereocenters. The fourth-order valence-electron chi connectivity index (χ4n) is 2.91. The molecule has 2 N–H and O–H groups in total. The van der Waals surface area contributed by atoms with Crippen LogP contribution in [-0.2, 0) is 5.75 Å². The second-order valence-corrected chi connectivity index (χ2v) is 6.28. The van der Waals surface area contributed by atoms with E-state index in [0.29, 0.717) is 0 Å². The van der Waals surface area contributed by atoms with Gasteiger partial charge in [0.05, 0.1) is 12.6 Å². The summed E-state index contributed by atoms with van der Waals surface area (Å²) in [5.74, 6) is 1.93. The molecule has 0 saturated heterocycles. The monoisotopic (exact) mass is 295 g/mol. The van der Waals surface area contributed by atoms with Gasteiger partial charge in [0, 0.05) is 17.2 Å². The van der Waals surface area contributed by atoms with Gasteiger partial charge in [-0.25, -0.2) is 0 Å². The second kappa shape index (κ2) is 5.45. The summed E-state index contributed by atoms with van der Waals surface area (Å²) < 4.78 is 0. The summed E-state index contributed by atoms with van der Waals surface area (Å²) in [4.78, 5) is 5.85. The minimum absolute atomic E-state index is 0.164. The van der Waals surface area contributed by atoms with Crippen molar-refractivity contribution in [1.29, 1.82) is 0 Å². The summed E-state index contributed by atoms with van der Waals surface area (Å²) in [6.45, 7) is 1.78. The predicted octanol–water partition coefficient (Wildman–Crippen LogP) is 2.93. The van der Waals surface area contributed by atoms with Crippen LogP contribution in [0.5, 0.6) is 0 Å². The van der Waals surface area contributed by atoms with Crippen LogP contribution < -0.4 is 10.6 Å². The summed E-state index contributed by atoms with van der Waals surface area (Å²) in [6.07, 6.45) is 0. The van der Waals surface area contributed by atoms with E-state index in [1.54, 1.807) is 0 Å². The maximum absolute atomic E-state index is 4.49. The van der Waals surface area contributed by atoms with E-state index in [0.717, 1.165) is 24.8 Å². The van der Waals surface area contributed by atoms with Crippen molar-refractivity contribution in [3.05, 3.63) is 65.2 Å². The Morgan fingerprint density at radius 1 is 1.05 bits per heavy atom. The normalized spacial score (nSPS) is 19.8. The van der Waals surface area contributed by atoms with Gasteiger partial charge in [0.25, 0.3) is 0 Å². The van der Waals surface area contributed by atoms with Gasteiger partial charge in [-0.15, -0.1) is 11.8 Å². The number of nitrogens with one attached hydrogen (secondary N) is 2. The Morgan fingerprint density at radius 3 is 2.71 bits per heavy atom. The van der Waals surface area contributed by atoms with Crippen molar-refractivity contribution in [2.24, 2.45) is 4.99 Å². The number of benzene rings is 2. The molecule has 4 heteroatoms. The third-order valence-corrected chi connectivity index (χ3v) is 5.07. The molecule has 0 aliphatic carbocycles. The maximum Gasteiger partial charge on any atom is 0.192 e. The Kier molecular flexibility index (Phi) is 3.31. The summed E-state index contributed by atoms with van der Waals surface area (Å²) in [6, 6.07) is 17.5. The number of guanidine groups is 1. The van der Waals surface area contributed by atoms with Crippen molar-refractivity contribution in [3.8, 4) is 0 Å². The van der Waals surface area contributed by atoms with Crippen molar-refractivity contribution < 1.29 is 0 Å². The van der Waals surface area contributed by atoms with E-state index in [4.69, 9.17) is 0 Å². The van der Waals surface area contributed by atoms with Crippen LogP contribution in [0.25, 0.3) is 0 Å². The first-order valence-corrected chi connectivity index (χ1v) is 8.25. The average Bonchev–Trinajstić information content (AvgIpc) is 2.99. The number of fused-ring (bicyclic) bond motifs is 2. The number of hydrogen-bond acceptors (Lipinski definition) is 4. The first-order chi connectivity index (χ1) is 10.4. The third kappa shape index (κ3) is 2.40. The van der Waals surface area contributed by atoms with Gasteiger partial charge in [-0.05, 0) is 22.8 Å². The van der Waals surface area contributed by atoms with E-state index >= 15 is 0 Å². The molecule has 21 heavy (non-hydrogen) atoms. The van der Waals surface area contributed by atoms with Crippen LogP contribution in [0.2, 0.25) is 0 Å². The van der Waals surface area contributed by atoms with E-state index in [1.165, 1.54) is 21.6 Å². The molecule has 3 nitrogen and oxygen atoms in total. The summed E-state index contributed by atoms with van der Waals surface area (Å²) >= 11 is 1.91. The van der Waals surface area contributed by atoms with Crippen molar-refractivity contribution in [2.75, 3.05) is 13.1 Å². The lowest BCUT2D eigenvalue weighted by atomic mass is 9.95. The minimum Gasteiger partial charge on any atom is -0.355 e. The van der Waals surface area contributed by atoms with Crippen LogP contribution in [0.4, 0.5) is 0 Å². The van der Waals surface area contributed by atoms with E-state index in [1.807, 2.05) is 11.8 Å². The molecule has 0 spiro atoms. The highest BCUT2D eigenvalue weighted by atomic mass is 32.2. The molecule has 0 fully saturated rings. The molecular weight excluding hydrogens is 278 g/mol. The number of thioether (sulfide) groups is 1. The minimum atomic E-state index is 0.164. The highest BCUT2D eigenvalue weighted by Gasteiger charge is 2.24. The lowest BCUT2D eigenvalue weighted by Gasteiger charge is -2.22. The van der Waals surface area contributed by atoms with Gasteiger partial charge in [0.1, 0.15) is 0 Å². The fraction of sp³-hybridized carbons (Fsp3) is 0.235. The average molecular weight is 295 g/mol. The topological polar surface area (TPSA) is 36.4 Å². The molecule has 0 unspecified atom stereocenters. The molecular formula is C17H17N3S. The van der Waals surface area contributed by atoms with Gasteiger partial charge < -0.3 is 10.6 Å². The lowest BCUT2D eigenvalue weighted by Crippen LogP contribution is -2.37. The van der Waals surface area contributed by atoms with Crippen molar-refractivity contribution in [1.82, 2.24) is 10.6 Å². The number of nitrogens with zero attached hydrogens (tertiary/aromatic N) is 1. The smallest absolute Gasteiger partial charge is 0.192 e. The van der Waals surface area contributed by atoms with Gasteiger partial charge in [0.15, 0.2) is 5.96 Å². The summed E-state index contributed by atoms with van der Waals surface area (Å²) in [5.41, 5.74) is 4.09. The molecule has 2 heterocycles. The van der Waals surface area contributed by atoms with Gasteiger partial charge in [0.2, 0.25) is 0 Å². The largest absolute Gasteiger partial charge is 0.355 e. The first kappa shape index (κ1) is 12.8. The zero-order valence-corrected chi connectivity index (χ0v) is 12.5. The van der Waals surface area contributed by atoms with Gasteiger partial charge in [-0.2, -0.15) is 0 Å². The zero-order chi connectivity index (χ0) is 14.1. The van der Waals surface area contributed by atoms with Gasteiger partial charge in [-0.1, -0.05) is 42.5 Å². The lowest BCUT2D eigenvalue weighted by molar-refractivity contribution is 0.728. The van der Waals surface area contributed by atoms with Crippen LogP contribution >= 0.6 is 11.8 Å². The number of aliphatic imine (C=N–C) groups is 1. The van der Waals surface area contributed by atoms with Crippen LogP contribution in [0.15, 0.2) is 58.4 Å². The Bertz CT molecular complexity index is 648. The Hall–Kier alpha value is -1.94. The fourth-order valence-corrected chi connectivity index (χ4v) is 4.01. The van der Waals surface area contributed by atoms with Crippen molar-refractivity contribution >= 4 is 17.7 Å². The Balaban J connectivity index is 1.81. The number of rotatable bonds is 1. The highest BCUT2D eigenvalue weighted by Crippen LogP contribution is 2.39. The molecule has 2 aromatic rings. The van der Waals surface area contributed by atoms with E-state index < -0.39 is 0 Å². The predicted molar refractivity (Wildman–Crippen MR) is 87.7 cm³/mol. The maximum atomic E-state index is 4.49. The van der Waals surface area contributed by atoms with E-state index in [2.05, 4.69) is 64.2 Å². The van der Waals surface area contributed by atoms with E-state index in [-0.39, 0.29) is 6.04 Å². The van der Waals surface area contributed by atoms with Crippen molar-refractivity contribution in [3.63, 3.8) is 0 Å². The molecule has 0 radical (unpaired) electrons. The quantitative estimate of drug-likeness (QED) is 0.849. The molecule has 106 valence electrons.